The van der Waals surface area contributed by atoms with Crippen LogP contribution in [0.4, 0.5) is 11.4 Å². The highest BCUT2D eigenvalue weighted by Gasteiger charge is 2.12. The van der Waals surface area contributed by atoms with E-state index in [4.69, 9.17) is 0 Å². The van der Waals surface area contributed by atoms with Gasteiger partial charge in [-0.15, -0.1) is 0 Å². The summed E-state index contributed by atoms with van der Waals surface area (Å²) in [4.78, 5) is 38.0. The molecule has 7 nitrogen and oxygen atoms in total. The van der Waals surface area contributed by atoms with E-state index in [1.54, 1.807) is 55.4 Å². The molecule has 3 amide bonds. The molecule has 0 bridgehead atoms. The lowest BCUT2D eigenvalue weighted by Gasteiger charge is -2.15. The molecule has 2 aromatic carbocycles. The van der Waals surface area contributed by atoms with Crippen LogP contribution in [0.2, 0.25) is 0 Å². The van der Waals surface area contributed by atoms with Crippen molar-refractivity contribution < 1.29 is 14.4 Å². The molecule has 0 heterocycles. The van der Waals surface area contributed by atoms with Gasteiger partial charge in [0.15, 0.2) is 0 Å². The van der Waals surface area contributed by atoms with Gasteiger partial charge in [0.05, 0.1) is 24.5 Å². The van der Waals surface area contributed by atoms with Crippen molar-refractivity contribution in [3.63, 3.8) is 0 Å². The second-order valence-corrected chi connectivity index (χ2v) is 6.43. The second kappa shape index (κ2) is 9.49. The molecule has 0 atom stereocenters. The van der Waals surface area contributed by atoms with Crippen molar-refractivity contribution in [3.05, 3.63) is 59.7 Å². The van der Waals surface area contributed by atoms with Gasteiger partial charge in [-0.1, -0.05) is 24.3 Å². The van der Waals surface area contributed by atoms with Crippen LogP contribution < -0.4 is 16.0 Å². The summed E-state index contributed by atoms with van der Waals surface area (Å²) in [7, 11) is 3.60. The first-order valence-corrected chi connectivity index (χ1v) is 8.53. The first kappa shape index (κ1) is 20.1. The highest BCUT2D eigenvalue weighted by atomic mass is 16.2. The number of aryl methyl sites for hydroxylation is 1. The fourth-order valence-electron chi connectivity index (χ4n) is 2.39. The fourth-order valence-corrected chi connectivity index (χ4v) is 2.39. The van der Waals surface area contributed by atoms with E-state index in [1.165, 1.54) is 0 Å². The molecule has 0 saturated carbocycles. The van der Waals surface area contributed by atoms with Crippen LogP contribution in [0.1, 0.15) is 15.9 Å². The Morgan fingerprint density at radius 1 is 0.889 bits per heavy atom. The van der Waals surface area contributed by atoms with Crippen LogP contribution in [0.3, 0.4) is 0 Å². The Morgan fingerprint density at radius 2 is 1.56 bits per heavy atom. The predicted molar refractivity (Wildman–Crippen MR) is 106 cm³/mol. The van der Waals surface area contributed by atoms with Gasteiger partial charge in [-0.05, 0) is 50.8 Å². The average molecular weight is 368 g/mol. The van der Waals surface area contributed by atoms with E-state index in [2.05, 4.69) is 16.0 Å². The van der Waals surface area contributed by atoms with Crippen LogP contribution >= 0.6 is 0 Å². The molecular formula is C20H24N4O3. The standard InChI is InChI=1S/C20H24N4O3/c1-14-9-10-16(22-19(26)13-24(2)3)17(11-14)23-18(25)12-21-20(27)15-7-5-4-6-8-15/h4-11H,12-13H2,1-3H3,(H,21,27)(H,22,26)(H,23,25). The molecule has 7 heteroatoms. The number of nitrogens with one attached hydrogen (secondary N) is 3. The molecule has 0 saturated heterocycles. The molecule has 0 fully saturated rings. The van der Waals surface area contributed by atoms with E-state index in [1.807, 2.05) is 19.1 Å². The minimum atomic E-state index is -0.381. The van der Waals surface area contributed by atoms with Crippen LogP contribution in [0, 0.1) is 6.92 Å². The first-order valence-electron chi connectivity index (χ1n) is 8.53. The minimum Gasteiger partial charge on any atom is -0.343 e. The van der Waals surface area contributed by atoms with Crippen LogP contribution in [0.25, 0.3) is 0 Å². The zero-order valence-electron chi connectivity index (χ0n) is 15.7. The minimum absolute atomic E-state index is 0.174. The lowest BCUT2D eigenvalue weighted by atomic mass is 10.2. The quantitative estimate of drug-likeness (QED) is 0.696. The number of carbonyl (C=O) groups is 3. The molecular weight excluding hydrogens is 344 g/mol. The Labute approximate surface area is 158 Å². The van der Waals surface area contributed by atoms with Crippen LogP contribution in [-0.2, 0) is 9.59 Å². The Balaban J connectivity index is 1.99. The molecule has 0 radical (unpaired) electrons. The topological polar surface area (TPSA) is 90.5 Å². The number of hydrogen-bond acceptors (Lipinski definition) is 4. The largest absolute Gasteiger partial charge is 0.343 e. The van der Waals surface area contributed by atoms with Crippen molar-refractivity contribution >= 4 is 29.1 Å². The summed E-state index contributed by atoms with van der Waals surface area (Å²) in [6.07, 6.45) is 0. The maximum atomic E-state index is 12.2. The Hall–Kier alpha value is -3.19. The number of carbonyl (C=O) groups excluding carboxylic acids is 3. The summed E-state index contributed by atoms with van der Waals surface area (Å²) in [5.74, 6) is -0.890. The Bertz CT molecular complexity index is 819. The SMILES string of the molecule is Cc1ccc(NC(=O)CN(C)C)c(NC(=O)CNC(=O)c2ccccc2)c1. The van der Waals surface area contributed by atoms with E-state index >= 15 is 0 Å². The molecule has 27 heavy (non-hydrogen) atoms. The molecule has 0 aromatic heterocycles. The van der Waals surface area contributed by atoms with Crippen molar-refractivity contribution in [2.45, 2.75) is 6.92 Å². The lowest BCUT2D eigenvalue weighted by molar-refractivity contribution is -0.117. The summed E-state index contributed by atoms with van der Waals surface area (Å²) >= 11 is 0. The Morgan fingerprint density at radius 3 is 2.22 bits per heavy atom. The third-order valence-corrected chi connectivity index (χ3v) is 3.63. The lowest BCUT2D eigenvalue weighted by Crippen LogP contribution is -2.33. The van der Waals surface area contributed by atoms with E-state index in [-0.39, 0.29) is 30.8 Å². The van der Waals surface area contributed by atoms with Crippen molar-refractivity contribution in [1.29, 1.82) is 0 Å². The molecule has 0 unspecified atom stereocenters. The zero-order valence-corrected chi connectivity index (χ0v) is 15.7. The van der Waals surface area contributed by atoms with Gasteiger partial charge in [0.2, 0.25) is 11.8 Å². The summed E-state index contributed by atoms with van der Waals surface area (Å²) in [5.41, 5.74) is 2.41. The number of amides is 3. The number of hydrogen-bond donors (Lipinski definition) is 3. The van der Waals surface area contributed by atoms with Crippen LogP contribution in [0.5, 0.6) is 0 Å². The van der Waals surface area contributed by atoms with Crippen molar-refractivity contribution in [3.8, 4) is 0 Å². The Kier molecular flexibility index (Phi) is 7.08. The molecule has 3 N–H and O–H groups in total. The van der Waals surface area contributed by atoms with E-state index in [0.717, 1.165) is 5.56 Å². The van der Waals surface area contributed by atoms with Gasteiger partial charge in [-0.25, -0.2) is 0 Å². The number of benzene rings is 2. The third-order valence-electron chi connectivity index (χ3n) is 3.63. The molecule has 0 aliphatic carbocycles. The zero-order chi connectivity index (χ0) is 19.8. The number of anilines is 2. The van der Waals surface area contributed by atoms with E-state index in [9.17, 15) is 14.4 Å². The van der Waals surface area contributed by atoms with Crippen molar-refractivity contribution in [2.24, 2.45) is 0 Å². The number of rotatable bonds is 7. The second-order valence-electron chi connectivity index (χ2n) is 6.43. The molecule has 142 valence electrons. The van der Waals surface area contributed by atoms with E-state index in [0.29, 0.717) is 16.9 Å². The third kappa shape index (κ3) is 6.56. The highest BCUT2D eigenvalue weighted by molar-refractivity contribution is 6.02. The van der Waals surface area contributed by atoms with Gasteiger partial charge in [-0.3, -0.25) is 14.4 Å². The van der Waals surface area contributed by atoms with E-state index < -0.39 is 0 Å². The molecule has 0 aliphatic rings. The monoisotopic (exact) mass is 368 g/mol. The van der Waals surface area contributed by atoms with Gasteiger partial charge in [0, 0.05) is 5.56 Å². The molecule has 2 rings (SSSR count). The first-order chi connectivity index (χ1) is 12.8. The average Bonchev–Trinajstić information content (AvgIpc) is 2.62. The summed E-state index contributed by atoms with van der Waals surface area (Å²) < 4.78 is 0. The molecule has 0 aliphatic heterocycles. The van der Waals surface area contributed by atoms with Gasteiger partial charge in [-0.2, -0.15) is 0 Å². The van der Waals surface area contributed by atoms with Crippen LogP contribution in [-0.4, -0.2) is 49.8 Å². The van der Waals surface area contributed by atoms with Gasteiger partial charge < -0.3 is 20.9 Å². The summed E-state index contributed by atoms with van der Waals surface area (Å²) in [5, 5.41) is 8.09. The predicted octanol–water partition coefficient (Wildman–Crippen LogP) is 1.86. The smallest absolute Gasteiger partial charge is 0.251 e. The van der Waals surface area contributed by atoms with Gasteiger partial charge in [0.1, 0.15) is 0 Å². The maximum absolute atomic E-state index is 12.2. The summed E-state index contributed by atoms with van der Waals surface area (Å²) in [6.45, 7) is 1.94. The van der Waals surface area contributed by atoms with Gasteiger partial charge in [0.25, 0.3) is 5.91 Å². The molecule has 2 aromatic rings. The fraction of sp³-hybridized carbons (Fsp3) is 0.250. The highest BCUT2D eigenvalue weighted by Crippen LogP contribution is 2.23. The number of likely N-dealkylation sites (N-methyl/N-ethyl adjacent to an activating group) is 1. The van der Waals surface area contributed by atoms with Gasteiger partial charge >= 0.3 is 0 Å². The van der Waals surface area contributed by atoms with Crippen LogP contribution in [0.15, 0.2) is 48.5 Å². The normalized spacial score (nSPS) is 10.4. The maximum Gasteiger partial charge on any atom is 0.251 e. The van der Waals surface area contributed by atoms with Crippen molar-refractivity contribution in [2.75, 3.05) is 37.8 Å². The van der Waals surface area contributed by atoms with Crippen molar-refractivity contribution in [1.82, 2.24) is 10.2 Å². The summed E-state index contributed by atoms with van der Waals surface area (Å²) in [6, 6.07) is 14.0. The number of nitrogens with zero attached hydrogens (tertiary/aromatic N) is 1. The molecule has 0 spiro atoms.